The summed E-state index contributed by atoms with van der Waals surface area (Å²) < 4.78 is 0. The van der Waals surface area contributed by atoms with Crippen molar-refractivity contribution < 1.29 is 0 Å². The zero-order valence-corrected chi connectivity index (χ0v) is 8.46. The topological polar surface area (TPSA) is 0 Å². The number of alkyl halides is 2. The minimum absolute atomic E-state index is 0.758. The van der Waals surface area contributed by atoms with Crippen LogP contribution in [0.5, 0.6) is 0 Å². The van der Waals surface area contributed by atoms with Crippen LogP contribution in [0.2, 0.25) is 0 Å². The minimum Gasteiger partial charge on any atom is -0.0922 e. The maximum absolute atomic E-state index is 3.56. The van der Waals surface area contributed by atoms with Gasteiger partial charge in [-0.15, -0.1) is 0 Å². The van der Waals surface area contributed by atoms with Crippen molar-refractivity contribution in [1.29, 1.82) is 0 Å². The fourth-order valence-electron chi connectivity index (χ4n) is 2.51. The Kier molecular flexibility index (Phi) is 1.30. The smallest absolute Gasteiger partial charge is 0.00885 e. The van der Waals surface area contributed by atoms with E-state index in [9.17, 15) is 0 Å². The summed E-state index contributed by atoms with van der Waals surface area (Å²) in [6.45, 7) is 0. The molecule has 0 unspecified atom stereocenters. The maximum atomic E-state index is 3.56. The Bertz CT molecular complexity index is 108. The molecule has 0 amide bonds. The molecule has 9 heavy (non-hydrogen) atoms. The van der Waals surface area contributed by atoms with E-state index in [1.54, 1.807) is 0 Å². The van der Waals surface area contributed by atoms with Crippen LogP contribution in [-0.4, -0.2) is 10.7 Å². The van der Waals surface area contributed by atoms with Gasteiger partial charge in [0.25, 0.3) is 0 Å². The first kappa shape index (κ1) is 6.66. The standard InChI is InChI=1S/C7H10Br2/c8-4-6-1-7(2-6,3-6)5-9/h1-5H2. The minimum atomic E-state index is 0.758. The van der Waals surface area contributed by atoms with Gasteiger partial charge in [-0.25, -0.2) is 0 Å². The monoisotopic (exact) mass is 252 g/mol. The number of rotatable bonds is 2. The molecule has 0 aromatic heterocycles. The Labute approximate surface area is 72.7 Å². The van der Waals surface area contributed by atoms with Gasteiger partial charge in [-0.1, -0.05) is 31.9 Å². The molecule has 3 aliphatic rings. The van der Waals surface area contributed by atoms with Gasteiger partial charge in [0.05, 0.1) is 0 Å². The molecule has 0 saturated heterocycles. The summed E-state index contributed by atoms with van der Waals surface area (Å²) in [5.41, 5.74) is 1.52. The summed E-state index contributed by atoms with van der Waals surface area (Å²) in [6, 6.07) is 0. The lowest BCUT2D eigenvalue weighted by Crippen LogP contribution is -2.63. The third-order valence-electron chi connectivity index (χ3n) is 2.82. The highest BCUT2D eigenvalue weighted by Crippen LogP contribution is 2.74. The van der Waals surface area contributed by atoms with Crippen LogP contribution in [0.25, 0.3) is 0 Å². The normalized spacial score (nSPS) is 54.0. The first-order valence-corrected chi connectivity index (χ1v) is 5.61. The second-order valence-electron chi connectivity index (χ2n) is 3.80. The highest BCUT2D eigenvalue weighted by molar-refractivity contribution is 9.09. The Hall–Kier alpha value is 0.960. The SMILES string of the molecule is BrCC12CC(CBr)(C1)C2. The largest absolute Gasteiger partial charge is 0.0922 e. The van der Waals surface area contributed by atoms with Crippen molar-refractivity contribution in [3.63, 3.8) is 0 Å². The Morgan fingerprint density at radius 2 is 1.22 bits per heavy atom. The molecule has 2 heteroatoms. The van der Waals surface area contributed by atoms with Gasteiger partial charge in [-0.05, 0) is 30.1 Å². The van der Waals surface area contributed by atoms with Crippen LogP contribution in [-0.2, 0) is 0 Å². The molecule has 0 nitrogen and oxygen atoms in total. The molecule has 0 heterocycles. The van der Waals surface area contributed by atoms with Crippen molar-refractivity contribution in [3.05, 3.63) is 0 Å². The van der Waals surface area contributed by atoms with E-state index in [2.05, 4.69) is 31.9 Å². The summed E-state index contributed by atoms with van der Waals surface area (Å²) in [6.07, 6.45) is 4.41. The van der Waals surface area contributed by atoms with Gasteiger partial charge in [0, 0.05) is 10.7 Å². The number of halogens is 2. The van der Waals surface area contributed by atoms with Crippen LogP contribution in [0, 0.1) is 10.8 Å². The molecule has 0 atom stereocenters. The van der Waals surface area contributed by atoms with Crippen molar-refractivity contribution in [3.8, 4) is 0 Å². The average Bonchev–Trinajstić information content (AvgIpc) is 1.62. The highest BCUT2D eigenvalue weighted by Gasteiger charge is 2.65. The fraction of sp³-hybridized carbons (Fsp3) is 1.00. The summed E-state index contributed by atoms with van der Waals surface area (Å²) in [5.74, 6) is 0. The quantitative estimate of drug-likeness (QED) is 0.664. The van der Waals surface area contributed by atoms with Crippen molar-refractivity contribution >= 4 is 31.9 Å². The molecule has 0 aromatic rings. The van der Waals surface area contributed by atoms with Gasteiger partial charge in [0.2, 0.25) is 0 Å². The fourth-order valence-corrected chi connectivity index (χ4v) is 3.70. The van der Waals surface area contributed by atoms with E-state index in [4.69, 9.17) is 0 Å². The van der Waals surface area contributed by atoms with Crippen LogP contribution in [0.4, 0.5) is 0 Å². The van der Waals surface area contributed by atoms with Gasteiger partial charge in [-0.2, -0.15) is 0 Å². The maximum Gasteiger partial charge on any atom is 0.00885 e. The average molecular weight is 254 g/mol. The number of hydrogen-bond acceptors (Lipinski definition) is 0. The van der Waals surface area contributed by atoms with Crippen molar-refractivity contribution in [2.24, 2.45) is 10.8 Å². The molecule has 0 spiro atoms. The molecule has 3 saturated carbocycles. The van der Waals surface area contributed by atoms with Crippen LogP contribution in [0.3, 0.4) is 0 Å². The van der Waals surface area contributed by atoms with Crippen LogP contribution >= 0.6 is 31.9 Å². The lowest BCUT2D eigenvalue weighted by molar-refractivity contribution is -0.167. The van der Waals surface area contributed by atoms with Crippen molar-refractivity contribution in [2.75, 3.05) is 10.7 Å². The lowest BCUT2D eigenvalue weighted by atomic mass is 9.37. The second kappa shape index (κ2) is 1.76. The van der Waals surface area contributed by atoms with Crippen molar-refractivity contribution in [2.45, 2.75) is 19.3 Å². The first-order chi connectivity index (χ1) is 4.24. The van der Waals surface area contributed by atoms with Crippen molar-refractivity contribution in [1.82, 2.24) is 0 Å². The molecule has 0 aliphatic heterocycles. The molecule has 3 fully saturated rings. The Morgan fingerprint density at radius 1 is 0.889 bits per heavy atom. The van der Waals surface area contributed by atoms with E-state index in [0.717, 1.165) is 10.8 Å². The predicted octanol–water partition coefficient (Wildman–Crippen LogP) is 2.95. The molecule has 52 valence electrons. The van der Waals surface area contributed by atoms with Gasteiger partial charge in [-0.3, -0.25) is 0 Å². The van der Waals surface area contributed by atoms with E-state index in [0.29, 0.717) is 0 Å². The van der Waals surface area contributed by atoms with Gasteiger partial charge in [0.15, 0.2) is 0 Å². The molecular weight excluding hydrogens is 244 g/mol. The van der Waals surface area contributed by atoms with Gasteiger partial charge in [0.1, 0.15) is 0 Å². The second-order valence-corrected chi connectivity index (χ2v) is 4.92. The van der Waals surface area contributed by atoms with E-state index in [1.165, 1.54) is 29.9 Å². The molecule has 3 aliphatic carbocycles. The van der Waals surface area contributed by atoms with Crippen LogP contribution in [0.1, 0.15) is 19.3 Å². The van der Waals surface area contributed by atoms with Gasteiger partial charge >= 0.3 is 0 Å². The lowest BCUT2D eigenvalue weighted by Gasteiger charge is -2.70. The van der Waals surface area contributed by atoms with Gasteiger partial charge < -0.3 is 0 Å². The van der Waals surface area contributed by atoms with E-state index >= 15 is 0 Å². The molecule has 0 aromatic carbocycles. The summed E-state index contributed by atoms with van der Waals surface area (Å²) in [4.78, 5) is 0. The zero-order chi connectivity index (χ0) is 6.54. The third kappa shape index (κ3) is 0.697. The Balaban J connectivity index is 1.96. The molecule has 3 rings (SSSR count). The number of hydrogen-bond donors (Lipinski definition) is 0. The summed E-state index contributed by atoms with van der Waals surface area (Å²) in [5, 5.41) is 2.46. The molecule has 0 radical (unpaired) electrons. The predicted molar refractivity (Wildman–Crippen MR) is 46.3 cm³/mol. The van der Waals surface area contributed by atoms with E-state index in [1.807, 2.05) is 0 Å². The Morgan fingerprint density at radius 3 is 1.44 bits per heavy atom. The van der Waals surface area contributed by atoms with Crippen LogP contribution < -0.4 is 0 Å². The first-order valence-electron chi connectivity index (χ1n) is 3.36. The summed E-state index contributed by atoms with van der Waals surface area (Å²) in [7, 11) is 0. The zero-order valence-electron chi connectivity index (χ0n) is 5.29. The third-order valence-corrected chi connectivity index (χ3v) is 5.20. The summed E-state index contributed by atoms with van der Waals surface area (Å²) >= 11 is 7.12. The molecule has 0 N–H and O–H groups in total. The van der Waals surface area contributed by atoms with Crippen LogP contribution in [0.15, 0.2) is 0 Å². The molecular formula is C7H10Br2. The molecule has 2 bridgehead atoms. The van der Waals surface area contributed by atoms with E-state index < -0.39 is 0 Å². The highest BCUT2D eigenvalue weighted by atomic mass is 79.9. The van der Waals surface area contributed by atoms with E-state index in [-0.39, 0.29) is 0 Å².